The van der Waals surface area contributed by atoms with E-state index in [0.29, 0.717) is 83.5 Å². The molecule has 3 aromatic carbocycles. The van der Waals surface area contributed by atoms with E-state index in [2.05, 4.69) is 366 Å². The first kappa shape index (κ1) is 104. The van der Waals surface area contributed by atoms with Crippen molar-refractivity contribution >= 4 is 44.4 Å². The number of methoxy groups -OCH3 is 1. The smallest absolute Gasteiger partial charge is 0.254 e. The van der Waals surface area contributed by atoms with Gasteiger partial charge in [0.25, 0.3) is 11.8 Å². The first-order valence-corrected chi connectivity index (χ1v) is 44.3. The average Bonchev–Trinajstić information content (AvgIpc) is 1.66. The van der Waals surface area contributed by atoms with Crippen LogP contribution in [0.15, 0.2) is 210 Å². The van der Waals surface area contributed by atoms with Crippen LogP contribution in [0.4, 0.5) is 0 Å². The molecular weight excluding hydrogens is 1540 g/mol. The minimum atomic E-state index is 0.520. The number of oxazole rings is 2. The van der Waals surface area contributed by atoms with Crippen LogP contribution in [-0.2, 0) is 52.7 Å². The van der Waals surface area contributed by atoms with Crippen molar-refractivity contribution in [1.29, 1.82) is 0 Å². The van der Waals surface area contributed by atoms with Gasteiger partial charge in [-0.15, -0.1) is 21.5 Å². The number of aryl methyl sites for hydroxylation is 4. The molecule has 11 aromatic rings. The van der Waals surface area contributed by atoms with Gasteiger partial charge in [-0.25, -0.2) is 9.97 Å². The number of benzene rings is 3. The van der Waals surface area contributed by atoms with Crippen LogP contribution in [-0.4, -0.2) is 97.8 Å². The molecule has 8 aromatic heterocycles. The highest BCUT2D eigenvalue weighted by Gasteiger charge is 2.23. The maximum Gasteiger partial charge on any atom is 0.254 e. The van der Waals surface area contributed by atoms with Gasteiger partial charge in [0, 0.05) is 143 Å². The van der Waals surface area contributed by atoms with Crippen molar-refractivity contribution in [1.82, 2.24) is 64.8 Å². The summed E-state index contributed by atoms with van der Waals surface area (Å²) in [6, 6.07) is 23.1. The third-order valence-corrected chi connectivity index (χ3v) is 19.1. The van der Waals surface area contributed by atoms with Gasteiger partial charge < -0.3 is 46.2 Å². The fourth-order valence-electron chi connectivity index (χ4n) is 12.4. The molecule has 122 heavy (non-hydrogen) atoms. The number of rotatable bonds is 21. The van der Waals surface area contributed by atoms with E-state index in [-0.39, 0.29) is 0 Å². The molecule has 3 aliphatic rings. The molecule has 0 bridgehead atoms. The second kappa shape index (κ2) is 54.8. The molecule has 3 aliphatic heterocycles. The molecule has 0 N–H and O–H groups in total. The van der Waals surface area contributed by atoms with E-state index in [9.17, 15) is 0 Å². The zero-order chi connectivity index (χ0) is 90.7. The Hall–Kier alpha value is -10.5. The summed E-state index contributed by atoms with van der Waals surface area (Å²) in [5, 5.41) is 28.2. The third-order valence-electron chi connectivity index (χ3n) is 18.3. The molecule has 0 atom stereocenters. The Labute approximate surface area is 735 Å². The van der Waals surface area contributed by atoms with Gasteiger partial charge in [-0.3, -0.25) is 9.67 Å². The molecule has 0 aliphatic carbocycles. The van der Waals surface area contributed by atoms with E-state index in [1.807, 2.05) is 37.8 Å². The van der Waals surface area contributed by atoms with Gasteiger partial charge in [0.05, 0.1) is 37.3 Å². The molecule has 0 fully saturated rings. The zero-order valence-electron chi connectivity index (χ0n) is 79.6. The number of aliphatic imine (C=N–C) groups is 1. The molecule has 0 saturated heterocycles. The molecule has 0 amide bonds. The lowest BCUT2D eigenvalue weighted by atomic mass is 9.94. The van der Waals surface area contributed by atoms with Crippen LogP contribution < -0.4 is 9.47 Å². The quantitative estimate of drug-likeness (QED) is 0.0651. The first-order chi connectivity index (χ1) is 57.7. The van der Waals surface area contributed by atoms with Crippen molar-refractivity contribution < 1.29 is 31.9 Å². The van der Waals surface area contributed by atoms with Crippen LogP contribution in [0, 0.1) is 61.2 Å². The van der Waals surface area contributed by atoms with E-state index >= 15 is 0 Å². The Morgan fingerprint density at radius 1 is 0.623 bits per heavy atom. The summed E-state index contributed by atoms with van der Waals surface area (Å²) >= 11 is 1.63. The summed E-state index contributed by atoms with van der Waals surface area (Å²) in [6.07, 6.45) is 31.3. The molecule has 0 radical (unpaired) electrons. The summed E-state index contributed by atoms with van der Waals surface area (Å²) in [7, 11) is 7.71. The van der Waals surface area contributed by atoms with Crippen molar-refractivity contribution in [3.63, 3.8) is 0 Å². The summed E-state index contributed by atoms with van der Waals surface area (Å²) in [4.78, 5) is 20.6. The minimum absolute atomic E-state index is 0.520. The number of hydrogen-bond acceptors (Lipinski definition) is 20. The largest absolute Gasteiger partial charge is 0.479 e. The van der Waals surface area contributed by atoms with Crippen LogP contribution in [0.25, 0.3) is 27.4 Å². The lowest BCUT2D eigenvalue weighted by Crippen LogP contribution is -2.25. The Bertz CT molecular complexity index is 4780. The van der Waals surface area contributed by atoms with E-state index in [4.69, 9.17) is 27.4 Å². The fraction of sp³-hybridized carbons (Fsp3) is 0.500. The highest BCUT2D eigenvalue weighted by molar-refractivity contribution is 7.09. The average molecular weight is 1690 g/mol. The number of hydrogen-bond donors (Lipinski definition) is 0. The molecule has 0 unspecified atom stereocenters. The summed E-state index contributed by atoms with van der Waals surface area (Å²) < 4.78 is 38.8. The van der Waals surface area contributed by atoms with E-state index in [1.54, 1.807) is 42.4 Å². The maximum absolute atomic E-state index is 5.28. The Balaban J connectivity index is 0.000000283. The van der Waals surface area contributed by atoms with Crippen LogP contribution >= 0.6 is 11.3 Å². The summed E-state index contributed by atoms with van der Waals surface area (Å²) in [5.41, 5.74) is 15.9. The van der Waals surface area contributed by atoms with E-state index in [1.165, 1.54) is 68.2 Å². The lowest BCUT2D eigenvalue weighted by Gasteiger charge is -2.30. The zero-order valence-corrected chi connectivity index (χ0v) is 80.4. The molecule has 11 heterocycles. The van der Waals surface area contributed by atoms with Crippen molar-refractivity contribution in [3.8, 4) is 11.8 Å². The Morgan fingerprint density at radius 3 is 1.80 bits per heavy atom. The van der Waals surface area contributed by atoms with Crippen LogP contribution in [0.2, 0.25) is 0 Å². The fourth-order valence-corrected chi connectivity index (χ4v) is 13.1. The van der Waals surface area contributed by atoms with Gasteiger partial charge in [0.15, 0.2) is 18.1 Å². The van der Waals surface area contributed by atoms with Gasteiger partial charge in [-0.2, -0.15) is 10.1 Å². The van der Waals surface area contributed by atoms with Crippen molar-refractivity contribution in [3.05, 3.63) is 250 Å². The molecule has 22 heteroatoms. The summed E-state index contributed by atoms with van der Waals surface area (Å²) in [6.45, 7) is 66.6. The number of nitrogens with zero attached hydrogens (tertiary/aromatic N) is 14. The number of aromatic nitrogens is 11. The van der Waals surface area contributed by atoms with Gasteiger partial charge in [-0.05, 0) is 155 Å². The maximum atomic E-state index is 5.28. The van der Waals surface area contributed by atoms with Gasteiger partial charge in [0.2, 0.25) is 6.39 Å². The Morgan fingerprint density at radius 2 is 1.29 bits per heavy atom. The molecule has 14 rings (SSSR count). The Kier molecular flexibility index (Phi) is 46.7. The highest BCUT2D eigenvalue weighted by Crippen LogP contribution is 2.35. The molecule has 0 saturated carbocycles. The highest BCUT2D eigenvalue weighted by atomic mass is 32.1. The van der Waals surface area contributed by atoms with Crippen molar-refractivity contribution in [2.45, 2.75) is 243 Å². The number of ether oxygens (including phenoxy) is 2. The van der Waals surface area contributed by atoms with Crippen LogP contribution in [0.1, 0.15) is 258 Å². The van der Waals surface area contributed by atoms with E-state index in [0.717, 1.165) is 114 Å². The van der Waals surface area contributed by atoms with Crippen molar-refractivity contribution in [2.75, 3.05) is 27.3 Å². The van der Waals surface area contributed by atoms with Crippen LogP contribution in [0.3, 0.4) is 0 Å². The topological polar surface area (TPSA) is 229 Å². The standard InChI is InChI=1S/C13H17N.C12H15N.C11H14N2.C11H17N.C10H15N.2C8H13NO2.C8H13NO.C7H11NO.C6H10N2O.C6H10N2S/c1-9(2)11-6-5-7-12-10(3)14(4)8-13(11)12;1-9(2)11-6-4-5-10-7-13(3)8-12(10)11;1-8(2)9-4-5-10-7-13(3)12-11(10)6-9;1-5-12-10(4)7-6-8-11(12)9(2)3;1-8(2)4-6-10-7-5-9(3)11-10;1-6(2)5-10-8-4-7(3)11-9-8;1-6(2)4-7-5-8(10-3)9-11-7;1-6(2)4-8-9-5-7(3)10-8;1-6(2)3-7-4-8-5-9-7;1-5(2)3-6-7-4-9-8-6;1-5(2)3-6-8-7-4-9-6/h5-7,9H,3,8H2,1-2,4H3;4-9H,1-3H3;4-8H,1-3H3;6-9H,4-5H2,1-3H3;4,6-8H,5H2,1-3H3;4,6H,5H2,1-3H3;5-6H,4H2,1-3H3;5-6H,4H2,1-3H3;4-6H,3H2,1-2H3;2*4-5H,3H2,1-2H3/b;;;;6-4+;;;;;;. The minimum Gasteiger partial charge on any atom is -0.479 e. The first-order valence-electron chi connectivity index (χ1n) is 43.4. The normalized spacial score (nSPS) is 12.6. The van der Waals surface area contributed by atoms with Gasteiger partial charge >= 0.3 is 0 Å². The van der Waals surface area contributed by atoms with Crippen molar-refractivity contribution in [2.24, 2.45) is 66.4 Å². The third kappa shape index (κ3) is 40.0. The second-order valence-corrected chi connectivity index (χ2v) is 35.9. The van der Waals surface area contributed by atoms with E-state index < -0.39 is 0 Å². The van der Waals surface area contributed by atoms with Gasteiger partial charge in [0.1, 0.15) is 33.6 Å². The lowest BCUT2D eigenvalue weighted by molar-refractivity contribution is 0.243. The molecular formula is C100H148N14O7S. The van der Waals surface area contributed by atoms with Crippen LogP contribution in [0.5, 0.6) is 11.8 Å². The summed E-state index contributed by atoms with van der Waals surface area (Å²) in [5.74, 6) is 13.0. The number of fused-ring (bicyclic) bond motifs is 3. The second-order valence-electron chi connectivity index (χ2n) is 35.0. The molecule has 21 nitrogen and oxygen atoms in total. The predicted molar refractivity (Wildman–Crippen MR) is 505 cm³/mol. The monoisotopic (exact) mass is 1690 g/mol. The predicted octanol–water partition coefficient (Wildman–Crippen LogP) is 26.1. The number of likely N-dealkylation sites (N-methyl/N-ethyl adjacent to an activating group) is 1. The number of allylic oxidation sites excluding steroid dienone is 7. The SMILES string of the molecule is C=C1C=CC=C(C(C)C)N1CC.C=C1c2cccc(C(C)C)c2CN1C.CC(C)Cc1cnco1.CC(C)Cc1ncon1.CC(C)Cc1nncs1.CC(C)c1ccc2cn(C)nc2c1.CC(C)c1cccc2cn(C)cc12.CC1=NC(/C=C/C(C)C)=CC1.COc1cc(CC(C)C)on1.Cc1cc(OCC(C)C)no1.Cc1cnc(CC(C)C)o1. The van der Waals surface area contributed by atoms with Gasteiger partial charge in [-0.1, -0.05) is 237 Å². The molecule has 0 spiro atoms. The molecule has 666 valence electrons.